The van der Waals surface area contributed by atoms with Crippen molar-refractivity contribution < 1.29 is 18.7 Å². The maximum Gasteiger partial charge on any atom is 0.335 e. The average Bonchev–Trinajstić information content (AvgIpc) is 3.01. The van der Waals surface area contributed by atoms with E-state index in [4.69, 9.17) is 13.9 Å². The number of hydrogen-bond donors (Lipinski definition) is 0. The van der Waals surface area contributed by atoms with Crippen LogP contribution in [0.15, 0.2) is 65.1 Å². The molecule has 0 saturated heterocycles. The molecule has 0 N–H and O–H groups in total. The molecule has 2 aromatic carbocycles. The molecule has 0 aliphatic heterocycles. The monoisotopic (exact) mass is 310 g/mol. The normalized spacial score (nSPS) is 12.2. The smallest absolute Gasteiger partial charge is 0.335 e. The second-order valence-corrected chi connectivity index (χ2v) is 5.30. The molecule has 3 aromatic rings. The molecule has 0 radical (unpaired) electrons. The number of ether oxygens (including phenoxy) is 2. The molecule has 0 spiro atoms. The van der Waals surface area contributed by atoms with Crippen molar-refractivity contribution in [2.24, 2.45) is 0 Å². The maximum absolute atomic E-state index is 12.0. The van der Waals surface area contributed by atoms with E-state index in [2.05, 4.69) is 0 Å². The first kappa shape index (κ1) is 15.3. The van der Waals surface area contributed by atoms with E-state index >= 15 is 0 Å². The molecule has 4 nitrogen and oxygen atoms in total. The fraction of sp³-hybridized carbons (Fsp3) is 0.211. The summed E-state index contributed by atoms with van der Waals surface area (Å²) in [6.07, 6.45) is -0.625. The lowest BCUT2D eigenvalue weighted by Crippen LogP contribution is -2.23. The first-order valence-electron chi connectivity index (χ1n) is 7.52. The Morgan fingerprint density at radius 3 is 2.57 bits per heavy atom. The fourth-order valence-electron chi connectivity index (χ4n) is 2.23. The first-order valence-corrected chi connectivity index (χ1v) is 7.52. The van der Waals surface area contributed by atoms with Crippen molar-refractivity contribution in [2.45, 2.75) is 26.2 Å². The minimum absolute atomic E-state index is 0.104. The third-order valence-electron chi connectivity index (χ3n) is 3.51. The molecule has 0 bridgehead atoms. The highest BCUT2D eigenvalue weighted by molar-refractivity contribution is 5.78. The number of para-hydroxylation sites is 1. The Hall–Kier alpha value is -2.59. The number of benzene rings is 2. The second kappa shape index (κ2) is 7.11. The van der Waals surface area contributed by atoms with Crippen LogP contribution in [0.5, 0.6) is 0 Å². The van der Waals surface area contributed by atoms with Crippen LogP contribution in [-0.2, 0) is 27.5 Å². The van der Waals surface area contributed by atoms with E-state index in [1.54, 1.807) is 6.92 Å². The largest absolute Gasteiger partial charge is 0.457 e. The summed E-state index contributed by atoms with van der Waals surface area (Å²) < 4.78 is 16.4. The van der Waals surface area contributed by atoms with Gasteiger partial charge in [-0.2, -0.15) is 0 Å². The van der Waals surface area contributed by atoms with Crippen LogP contribution in [0.1, 0.15) is 18.2 Å². The van der Waals surface area contributed by atoms with E-state index in [1.807, 2.05) is 60.7 Å². The lowest BCUT2D eigenvalue weighted by Gasteiger charge is -2.12. The summed E-state index contributed by atoms with van der Waals surface area (Å²) in [6.45, 7) is 2.16. The molecule has 0 aliphatic rings. The number of esters is 1. The minimum atomic E-state index is -0.625. The van der Waals surface area contributed by atoms with E-state index in [0.717, 1.165) is 16.5 Å². The molecule has 0 aliphatic carbocycles. The Morgan fingerprint density at radius 2 is 1.78 bits per heavy atom. The van der Waals surface area contributed by atoms with Crippen molar-refractivity contribution in [3.05, 3.63) is 72.0 Å². The number of carbonyl (C=O) groups is 1. The highest BCUT2D eigenvalue weighted by Gasteiger charge is 2.16. The van der Waals surface area contributed by atoms with Gasteiger partial charge in [0.25, 0.3) is 0 Å². The van der Waals surface area contributed by atoms with Crippen LogP contribution in [0, 0.1) is 0 Å². The summed E-state index contributed by atoms with van der Waals surface area (Å²) in [7, 11) is 0. The zero-order valence-electron chi connectivity index (χ0n) is 12.9. The Labute approximate surface area is 134 Å². The second-order valence-electron chi connectivity index (χ2n) is 5.30. The highest BCUT2D eigenvalue weighted by atomic mass is 16.6. The van der Waals surface area contributed by atoms with E-state index in [0.29, 0.717) is 12.4 Å². The molecule has 4 heteroatoms. The maximum atomic E-state index is 12.0. The number of carbonyl (C=O) groups excluding carboxylic acids is 1. The standard InChI is InChI=1S/C19H18O4/c1-14(21-12-15-7-3-2-4-8-15)19(20)22-13-17-11-16-9-5-6-10-18(16)23-17/h2-11,14H,12-13H2,1H3. The van der Waals surface area contributed by atoms with Crippen LogP contribution in [0.4, 0.5) is 0 Å². The van der Waals surface area contributed by atoms with E-state index in [-0.39, 0.29) is 6.61 Å². The summed E-state index contributed by atoms with van der Waals surface area (Å²) >= 11 is 0. The third kappa shape index (κ3) is 3.99. The van der Waals surface area contributed by atoms with Gasteiger partial charge in [0, 0.05) is 5.39 Å². The van der Waals surface area contributed by atoms with Crippen LogP contribution >= 0.6 is 0 Å². The van der Waals surface area contributed by atoms with E-state index in [1.165, 1.54) is 0 Å². The molecule has 0 fully saturated rings. The summed E-state index contributed by atoms with van der Waals surface area (Å²) in [6, 6.07) is 19.3. The lowest BCUT2D eigenvalue weighted by atomic mass is 10.2. The van der Waals surface area contributed by atoms with Crippen molar-refractivity contribution in [3.63, 3.8) is 0 Å². The third-order valence-corrected chi connectivity index (χ3v) is 3.51. The molecule has 0 amide bonds. The molecular weight excluding hydrogens is 292 g/mol. The van der Waals surface area contributed by atoms with Gasteiger partial charge in [-0.15, -0.1) is 0 Å². The van der Waals surface area contributed by atoms with Crippen molar-refractivity contribution in [1.29, 1.82) is 0 Å². The molecule has 23 heavy (non-hydrogen) atoms. The van der Waals surface area contributed by atoms with Gasteiger partial charge < -0.3 is 13.9 Å². The van der Waals surface area contributed by atoms with Crippen LogP contribution in [-0.4, -0.2) is 12.1 Å². The van der Waals surface area contributed by atoms with Crippen molar-refractivity contribution in [2.75, 3.05) is 0 Å². The molecule has 1 unspecified atom stereocenters. The van der Waals surface area contributed by atoms with Crippen LogP contribution in [0.2, 0.25) is 0 Å². The first-order chi connectivity index (χ1) is 11.2. The highest BCUT2D eigenvalue weighted by Crippen LogP contribution is 2.19. The number of fused-ring (bicyclic) bond motifs is 1. The van der Waals surface area contributed by atoms with Gasteiger partial charge in [-0.25, -0.2) is 4.79 Å². The minimum Gasteiger partial charge on any atom is -0.457 e. The molecular formula is C19H18O4. The van der Waals surface area contributed by atoms with Gasteiger partial charge in [-0.1, -0.05) is 48.5 Å². The summed E-state index contributed by atoms with van der Waals surface area (Å²) in [5, 5.41) is 0.993. The lowest BCUT2D eigenvalue weighted by molar-refractivity contribution is -0.158. The quantitative estimate of drug-likeness (QED) is 0.644. The Bertz CT molecular complexity index is 743. The zero-order chi connectivity index (χ0) is 16.1. The summed E-state index contributed by atoms with van der Waals surface area (Å²) in [5.41, 5.74) is 1.80. The van der Waals surface area contributed by atoms with Gasteiger partial charge >= 0.3 is 5.97 Å². The Kier molecular flexibility index (Phi) is 4.74. The van der Waals surface area contributed by atoms with Gasteiger partial charge in [-0.05, 0) is 24.6 Å². The van der Waals surface area contributed by atoms with Crippen molar-refractivity contribution in [3.8, 4) is 0 Å². The molecule has 1 atom stereocenters. The van der Waals surface area contributed by atoms with Gasteiger partial charge in [0.1, 0.15) is 18.0 Å². The fourth-order valence-corrected chi connectivity index (χ4v) is 2.23. The van der Waals surface area contributed by atoms with Crippen LogP contribution in [0.3, 0.4) is 0 Å². The van der Waals surface area contributed by atoms with Gasteiger partial charge in [0.2, 0.25) is 0 Å². The van der Waals surface area contributed by atoms with Crippen LogP contribution in [0.25, 0.3) is 11.0 Å². The van der Waals surface area contributed by atoms with E-state index < -0.39 is 12.1 Å². The Morgan fingerprint density at radius 1 is 1.04 bits per heavy atom. The molecule has 118 valence electrons. The predicted octanol–water partition coefficient (Wildman–Crippen LogP) is 4.08. The average molecular weight is 310 g/mol. The summed E-state index contributed by atoms with van der Waals surface area (Å²) in [4.78, 5) is 12.0. The van der Waals surface area contributed by atoms with Crippen molar-refractivity contribution >= 4 is 16.9 Å². The van der Waals surface area contributed by atoms with Crippen LogP contribution < -0.4 is 0 Å². The molecule has 3 rings (SSSR count). The topological polar surface area (TPSA) is 48.7 Å². The van der Waals surface area contributed by atoms with Crippen molar-refractivity contribution in [1.82, 2.24) is 0 Å². The Balaban J connectivity index is 1.50. The van der Waals surface area contributed by atoms with Gasteiger partial charge in [-0.3, -0.25) is 0 Å². The number of hydrogen-bond acceptors (Lipinski definition) is 4. The molecule has 1 aromatic heterocycles. The molecule has 0 saturated carbocycles. The number of rotatable bonds is 6. The van der Waals surface area contributed by atoms with E-state index in [9.17, 15) is 4.79 Å². The molecule has 1 heterocycles. The zero-order valence-corrected chi connectivity index (χ0v) is 12.9. The summed E-state index contributed by atoms with van der Waals surface area (Å²) in [5.74, 6) is 0.219. The predicted molar refractivity (Wildman–Crippen MR) is 86.7 cm³/mol. The van der Waals surface area contributed by atoms with Gasteiger partial charge in [0.05, 0.1) is 6.61 Å². The SMILES string of the molecule is CC(OCc1ccccc1)C(=O)OCc1cc2ccccc2o1. The number of furan rings is 1. The van der Waals surface area contributed by atoms with Gasteiger partial charge in [0.15, 0.2) is 6.10 Å².